The smallest absolute Gasteiger partial charge is 0.157 e. The van der Waals surface area contributed by atoms with Crippen LogP contribution >= 0.6 is 0 Å². The van der Waals surface area contributed by atoms with Crippen molar-refractivity contribution in [1.82, 2.24) is 14.8 Å². The summed E-state index contributed by atoms with van der Waals surface area (Å²) in [4.78, 5) is 4.09. The minimum absolute atomic E-state index is 0.186. The Balaban J connectivity index is 2.48. The maximum Gasteiger partial charge on any atom is 0.157 e. The molecule has 0 unspecified atom stereocenters. The summed E-state index contributed by atoms with van der Waals surface area (Å²) in [5, 5.41) is 13.4. The third-order valence-corrected chi connectivity index (χ3v) is 1.76. The second kappa shape index (κ2) is 2.90. The number of hydrogen-bond acceptors (Lipinski definition) is 3. The summed E-state index contributed by atoms with van der Waals surface area (Å²) >= 11 is 0. The van der Waals surface area contributed by atoms with Gasteiger partial charge in [0, 0.05) is 6.20 Å². The zero-order valence-electron chi connectivity index (χ0n) is 7.18. The summed E-state index contributed by atoms with van der Waals surface area (Å²) < 4.78 is 1.55. The summed E-state index contributed by atoms with van der Waals surface area (Å²) in [6.45, 7) is 1.74. The fourth-order valence-corrected chi connectivity index (χ4v) is 1.06. The SMILES string of the molecule is Cc1nn(-c2ccccn2)cc1O. The number of pyridine rings is 1. The van der Waals surface area contributed by atoms with Gasteiger partial charge in [-0.1, -0.05) is 6.07 Å². The lowest BCUT2D eigenvalue weighted by Crippen LogP contribution is -1.96. The fraction of sp³-hybridized carbons (Fsp3) is 0.111. The maximum absolute atomic E-state index is 9.29. The molecule has 0 fully saturated rings. The van der Waals surface area contributed by atoms with E-state index in [1.807, 2.05) is 18.2 Å². The first kappa shape index (κ1) is 7.79. The first-order valence-corrected chi connectivity index (χ1v) is 3.94. The fourth-order valence-electron chi connectivity index (χ4n) is 1.06. The number of aromatic hydroxyl groups is 1. The van der Waals surface area contributed by atoms with E-state index < -0.39 is 0 Å². The van der Waals surface area contributed by atoms with Crippen molar-refractivity contribution in [2.75, 3.05) is 0 Å². The molecule has 0 saturated heterocycles. The summed E-state index contributed by atoms with van der Waals surface area (Å²) in [5.74, 6) is 0.886. The highest BCUT2D eigenvalue weighted by Crippen LogP contribution is 2.14. The standard InChI is InChI=1S/C9H9N3O/c1-7-8(13)6-12(11-7)9-4-2-3-5-10-9/h2-6,13H,1H3. The van der Waals surface area contributed by atoms with E-state index in [9.17, 15) is 5.11 Å². The van der Waals surface area contributed by atoms with Crippen molar-refractivity contribution in [2.45, 2.75) is 6.92 Å². The van der Waals surface area contributed by atoms with Gasteiger partial charge in [-0.05, 0) is 19.1 Å². The Kier molecular flexibility index (Phi) is 1.73. The van der Waals surface area contributed by atoms with E-state index >= 15 is 0 Å². The monoisotopic (exact) mass is 175 g/mol. The number of nitrogens with zero attached hydrogens (tertiary/aromatic N) is 3. The first-order chi connectivity index (χ1) is 6.27. The molecule has 0 spiro atoms. The van der Waals surface area contributed by atoms with Crippen LogP contribution in [0.15, 0.2) is 30.6 Å². The summed E-state index contributed by atoms with van der Waals surface area (Å²) in [5.41, 5.74) is 0.602. The molecule has 0 aliphatic carbocycles. The van der Waals surface area contributed by atoms with E-state index in [2.05, 4.69) is 10.1 Å². The molecule has 0 aliphatic heterocycles. The Labute approximate surface area is 75.5 Å². The van der Waals surface area contributed by atoms with Gasteiger partial charge in [0.1, 0.15) is 5.69 Å². The average molecular weight is 175 g/mol. The van der Waals surface area contributed by atoms with Gasteiger partial charge in [-0.25, -0.2) is 9.67 Å². The highest BCUT2D eigenvalue weighted by atomic mass is 16.3. The predicted molar refractivity (Wildman–Crippen MR) is 47.8 cm³/mol. The van der Waals surface area contributed by atoms with E-state index in [1.54, 1.807) is 17.8 Å². The minimum atomic E-state index is 0.186. The summed E-state index contributed by atoms with van der Waals surface area (Å²) in [6, 6.07) is 5.53. The van der Waals surface area contributed by atoms with Crippen LogP contribution in [-0.4, -0.2) is 19.9 Å². The second-order valence-corrected chi connectivity index (χ2v) is 2.73. The number of aromatic nitrogens is 3. The van der Waals surface area contributed by atoms with Crippen molar-refractivity contribution in [1.29, 1.82) is 0 Å². The highest BCUT2D eigenvalue weighted by Gasteiger charge is 2.03. The Bertz CT molecular complexity index is 389. The van der Waals surface area contributed by atoms with Crippen molar-refractivity contribution >= 4 is 0 Å². The van der Waals surface area contributed by atoms with Crippen LogP contribution in [0.5, 0.6) is 5.75 Å². The van der Waals surface area contributed by atoms with Gasteiger partial charge in [-0.3, -0.25) is 0 Å². The van der Waals surface area contributed by atoms with E-state index in [0.717, 1.165) is 0 Å². The first-order valence-electron chi connectivity index (χ1n) is 3.94. The van der Waals surface area contributed by atoms with Gasteiger partial charge in [0.05, 0.1) is 6.20 Å². The molecule has 0 aliphatic rings. The zero-order valence-corrected chi connectivity index (χ0v) is 7.18. The lowest BCUT2D eigenvalue weighted by Gasteiger charge is -1.96. The number of rotatable bonds is 1. The lowest BCUT2D eigenvalue weighted by molar-refractivity contribution is 0.471. The molecule has 0 aromatic carbocycles. The van der Waals surface area contributed by atoms with Crippen LogP contribution in [-0.2, 0) is 0 Å². The molecule has 0 bridgehead atoms. The molecule has 1 N–H and O–H groups in total. The Morgan fingerprint density at radius 3 is 2.77 bits per heavy atom. The van der Waals surface area contributed by atoms with Crippen LogP contribution in [0.4, 0.5) is 0 Å². The quantitative estimate of drug-likeness (QED) is 0.710. The topological polar surface area (TPSA) is 50.9 Å². The van der Waals surface area contributed by atoms with E-state index in [1.165, 1.54) is 6.20 Å². The predicted octanol–water partition coefficient (Wildman–Crippen LogP) is 1.28. The molecule has 4 nitrogen and oxygen atoms in total. The van der Waals surface area contributed by atoms with Crippen molar-refractivity contribution in [3.8, 4) is 11.6 Å². The maximum atomic E-state index is 9.29. The van der Waals surface area contributed by atoms with Gasteiger partial charge in [0.2, 0.25) is 0 Å². The van der Waals surface area contributed by atoms with E-state index in [0.29, 0.717) is 11.5 Å². The van der Waals surface area contributed by atoms with Crippen molar-refractivity contribution in [2.24, 2.45) is 0 Å². The molecule has 0 amide bonds. The summed E-state index contributed by atoms with van der Waals surface area (Å²) in [6.07, 6.45) is 3.22. The zero-order chi connectivity index (χ0) is 9.26. The average Bonchev–Trinajstić information content (AvgIpc) is 2.49. The molecule has 66 valence electrons. The molecule has 2 heterocycles. The van der Waals surface area contributed by atoms with Crippen LogP contribution in [0.25, 0.3) is 5.82 Å². The molecule has 4 heteroatoms. The normalized spacial score (nSPS) is 10.2. The molecule has 13 heavy (non-hydrogen) atoms. The van der Waals surface area contributed by atoms with Gasteiger partial charge >= 0.3 is 0 Å². The molecule has 0 atom stereocenters. The lowest BCUT2D eigenvalue weighted by atomic mass is 10.4. The largest absolute Gasteiger partial charge is 0.504 e. The third-order valence-electron chi connectivity index (χ3n) is 1.76. The Morgan fingerprint density at radius 1 is 1.38 bits per heavy atom. The van der Waals surface area contributed by atoms with Gasteiger partial charge in [-0.2, -0.15) is 5.10 Å². The van der Waals surface area contributed by atoms with Gasteiger partial charge in [-0.15, -0.1) is 0 Å². The van der Waals surface area contributed by atoms with Crippen molar-refractivity contribution in [3.05, 3.63) is 36.3 Å². The highest BCUT2D eigenvalue weighted by molar-refractivity contribution is 5.28. The minimum Gasteiger partial charge on any atom is -0.504 e. The van der Waals surface area contributed by atoms with Crippen LogP contribution in [0.3, 0.4) is 0 Å². The van der Waals surface area contributed by atoms with Crippen LogP contribution in [0.2, 0.25) is 0 Å². The molecular formula is C9H9N3O. The van der Waals surface area contributed by atoms with Gasteiger partial charge in [0.15, 0.2) is 11.6 Å². The van der Waals surface area contributed by atoms with Crippen LogP contribution in [0, 0.1) is 6.92 Å². The molecule has 2 aromatic rings. The van der Waals surface area contributed by atoms with E-state index in [4.69, 9.17) is 0 Å². The Morgan fingerprint density at radius 2 is 2.23 bits per heavy atom. The van der Waals surface area contributed by atoms with Gasteiger partial charge < -0.3 is 5.11 Å². The molecule has 2 rings (SSSR count). The Hall–Kier alpha value is -1.84. The van der Waals surface area contributed by atoms with Crippen molar-refractivity contribution < 1.29 is 5.11 Å². The molecular weight excluding hydrogens is 166 g/mol. The third kappa shape index (κ3) is 1.38. The van der Waals surface area contributed by atoms with Crippen LogP contribution in [0.1, 0.15) is 5.69 Å². The molecule has 2 aromatic heterocycles. The van der Waals surface area contributed by atoms with Crippen molar-refractivity contribution in [3.63, 3.8) is 0 Å². The van der Waals surface area contributed by atoms with E-state index in [-0.39, 0.29) is 5.75 Å². The molecule has 0 saturated carbocycles. The molecule has 0 radical (unpaired) electrons. The summed E-state index contributed by atoms with van der Waals surface area (Å²) in [7, 11) is 0. The number of aryl methyl sites for hydroxylation is 1. The van der Waals surface area contributed by atoms with Crippen LogP contribution < -0.4 is 0 Å². The second-order valence-electron chi connectivity index (χ2n) is 2.73. The number of hydrogen-bond donors (Lipinski definition) is 1. The van der Waals surface area contributed by atoms with Gasteiger partial charge in [0.25, 0.3) is 0 Å².